The normalized spacial score (nSPS) is 12.7. The second kappa shape index (κ2) is 12.1. The van der Waals surface area contributed by atoms with Crippen LogP contribution in [0.2, 0.25) is 0 Å². The maximum atomic E-state index is 2.57. The van der Waals surface area contributed by atoms with Gasteiger partial charge in [-0.1, -0.05) is 146 Å². The zero-order valence-electron chi connectivity index (χ0n) is 34.3. The molecule has 0 bridgehead atoms. The minimum Gasteiger partial charge on any atom is -0.135 e. The monoisotopic (exact) mass is 840 g/mol. The SMILES string of the molecule is c1cc2c3c(cccc3c1)-c1cc3c(cc1-2)c(-c1cccc2sc4ccccc4c12)cc1c2cc4c(c(-c5cccc6sc7ccccc7c56)c2ccc31)-c1cccc2cccc-4c12. The summed E-state index contributed by atoms with van der Waals surface area (Å²) < 4.78 is 5.31. The lowest BCUT2D eigenvalue weighted by Crippen LogP contribution is -1.92. The lowest BCUT2D eigenvalue weighted by molar-refractivity contribution is 1.70. The number of fused-ring (bicyclic) bond motifs is 17. The number of thiophene rings is 2. The summed E-state index contributed by atoms with van der Waals surface area (Å²) in [5, 5.41) is 18.4. The Morgan fingerprint density at radius 1 is 0.203 bits per heavy atom. The van der Waals surface area contributed by atoms with Crippen molar-refractivity contribution in [1.29, 1.82) is 0 Å². The number of hydrogen-bond acceptors (Lipinski definition) is 2. The van der Waals surface area contributed by atoms with Crippen LogP contribution in [0.5, 0.6) is 0 Å². The highest BCUT2D eigenvalue weighted by Gasteiger charge is 2.30. The number of benzene rings is 12. The lowest BCUT2D eigenvalue weighted by atomic mass is 9.83. The van der Waals surface area contributed by atoms with Crippen molar-refractivity contribution in [3.8, 4) is 66.8 Å². The van der Waals surface area contributed by atoms with E-state index in [0.29, 0.717) is 0 Å². The van der Waals surface area contributed by atoms with Crippen LogP contribution >= 0.6 is 22.7 Å². The van der Waals surface area contributed by atoms with E-state index in [2.05, 4.69) is 194 Å². The van der Waals surface area contributed by atoms with Gasteiger partial charge >= 0.3 is 0 Å². The summed E-state index contributed by atoms with van der Waals surface area (Å²) >= 11 is 3.80. The third kappa shape index (κ3) is 4.23. The highest BCUT2D eigenvalue weighted by Crippen LogP contribution is 2.57. The summed E-state index contributed by atoms with van der Waals surface area (Å²) in [5.41, 5.74) is 15.8. The molecule has 0 atom stereocenters. The van der Waals surface area contributed by atoms with Crippen LogP contribution in [0.25, 0.3) is 161 Å². The molecule has 12 aromatic carbocycles. The standard InChI is InChI=1S/C62H32S2/c1-3-23-53-41(15-1)59-38(20-9-25-55(59)63-53)49-29-45-35(46-30-47-36-17-5-11-33-12-6-18-37(57(33)36)48(47)31-51(46)49)27-28-40-50(45)32-52-39-19-7-13-34-14-8-21-43(58(34)39)62(52)61(40)44-22-10-26-56-60(44)42-16-2-4-24-54(42)64-56/h1-32H. The highest BCUT2D eigenvalue weighted by atomic mass is 32.1. The maximum Gasteiger partial charge on any atom is 0.0361 e. The molecule has 14 aromatic rings. The summed E-state index contributed by atoms with van der Waals surface area (Å²) in [6.07, 6.45) is 0. The van der Waals surface area contributed by atoms with Crippen molar-refractivity contribution < 1.29 is 0 Å². The van der Waals surface area contributed by atoms with Gasteiger partial charge in [-0.2, -0.15) is 0 Å². The van der Waals surface area contributed by atoms with Gasteiger partial charge in [0.05, 0.1) is 0 Å². The molecule has 0 aliphatic heterocycles. The van der Waals surface area contributed by atoms with Crippen molar-refractivity contribution in [2.75, 3.05) is 0 Å². The summed E-state index contributed by atoms with van der Waals surface area (Å²) in [6, 6.07) is 74.3. The summed E-state index contributed by atoms with van der Waals surface area (Å²) in [6.45, 7) is 0. The second-order valence-corrected chi connectivity index (χ2v) is 19.9. The quantitative estimate of drug-likeness (QED) is 0.152. The van der Waals surface area contributed by atoms with Crippen LogP contribution in [-0.4, -0.2) is 0 Å². The van der Waals surface area contributed by atoms with Crippen molar-refractivity contribution >= 4 is 117 Å². The number of rotatable bonds is 2. The average molecular weight is 841 g/mol. The fourth-order valence-corrected chi connectivity index (χ4v) is 14.4. The van der Waals surface area contributed by atoms with Gasteiger partial charge in [0.1, 0.15) is 0 Å². The minimum absolute atomic E-state index is 1.29. The first-order valence-electron chi connectivity index (χ1n) is 22.2. The zero-order chi connectivity index (χ0) is 41.4. The van der Waals surface area contributed by atoms with E-state index in [1.54, 1.807) is 0 Å². The Morgan fingerprint density at radius 3 is 1.25 bits per heavy atom. The van der Waals surface area contributed by atoms with Gasteiger partial charge < -0.3 is 0 Å². The van der Waals surface area contributed by atoms with Gasteiger partial charge in [0.25, 0.3) is 0 Å². The lowest BCUT2D eigenvalue weighted by Gasteiger charge is -2.20. The molecule has 0 radical (unpaired) electrons. The van der Waals surface area contributed by atoms with Crippen LogP contribution in [0.4, 0.5) is 0 Å². The molecule has 2 heterocycles. The minimum atomic E-state index is 1.29. The Kier molecular flexibility index (Phi) is 6.41. The molecule has 64 heavy (non-hydrogen) atoms. The zero-order valence-corrected chi connectivity index (χ0v) is 35.9. The van der Waals surface area contributed by atoms with Crippen molar-refractivity contribution in [3.63, 3.8) is 0 Å². The van der Waals surface area contributed by atoms with Crippen molar-refractivity contribution in [2.45, 2.75) is 0 Å². The summed E-state index contributed by atoms with van der Waals surface area (Å²) in [7, 11) is 0. The molecule has 0 N–H and O–H groups in total. The molecule has 0 saturated carbocycles. The molecular formula is C62H32S2. The fraction of sp³-hybridized carbons (Fsp3) is 0. The van der Waals surface area contributed by atoms with Gasteiger partial charge in [0, 0.05) is 40.3 Å². The Morgan fingerprint density at radius 2 is 0.609 bits per heavy atom. The van der Waals surface area contributed by atoms with E-state index >= 15 is 0 Å². The van der Waals surface area contributed by atoms with Gasteiger partial charge in [0.15, 0.2) is 0 Å². The molecule has 16 rings (SSSR count). The molecule has 0 fully saturated rings. The third-order valence-electron chi connectivity index (χ3n) is 14.7. The Bertz CT molecular complexity index is 4470. The first kappa shape index (κ1) is 33.9. The predicted octanol–water partition coefficient (Wildman–Crippen LogP) is 18.8. The predicted molar refractivity (Wildman–Crippen MR) is 279 cm³/mol. The second-order valence-electron chi connectivity index (χ2n) is 17.8. The average Bonchev–Trinajstić information content (AvgIpc) is 4.10. The smallest absolute Gasteiger partial charge is 0.0361 e. The fourth-order valence-electron chi connectivity index (χ4n) is 12.1. The summed E-state index contributed by atoms with van der Waals surface area (Å²) in [5.74, 6) is 0. The first-order valence-corrected chi connectivity index (χ1v) is 23.8. The van der Waals surface area contributed by atoms with Crippen LogP contribution in [0, 0.1) is 0 Å². The maximum absolute atomic E-state index is 2.57. The van der Waals surface area contributed by atoms with E-state index < -0.39 is 0 Å². The van der Waals surface area contributed by atoms with Crippen LogP contribution in [0.1, 0.15) is 0 Å². The van der Waals surface area contributed by atoms with Gasteiger partial charge in [0.2, 0.25) is 0 Å². The molecule has 0 spiro atoms. The van der Waals surface area contributed by atoms with E-state index in [4.69, 9.17) is 0 Å². The van der Waals surface area contributed by atoms with Gasteiger partial charge in [-0.3, -0.25) is 0 Å². The molecule has 0 unspecified atom stereocenters. The van der Waals surface area contributed by atoms with Gasteiger partial charge in [-0.05, 0) is 169 Å². The molecule has 0 nitrogen and oxygen atoms in total. The topological polar surface area (TPSA) is 0 Å². The molecule has 0 saturated heterocycles. The molecular weight excluding hydrogens is 809 g/mol. The van der Waals surface area contributed by atoms with E-state index in [9.17, 15) is 0 Å². The Hall–Kier alpha value is -7.62. The first-order chi connectivity index (χ1) is 31.7. The van der Waals surface area contributed by atoms with Crippen molar-refractivity contribution in [1.82, 2.24) is 0 Å². The molecule has 2 aliphatic carbocycles. The van der Waals surface area contributed by atoms with Crippen molar-refractivity contribution in [2.24, 2.45) is 0 Å². The van der Waals surface area contributed by atoms with E-state index in [0.717, 1.165) is 0 Å². The van der Waals surface area contributed by atoms with Crippen LogP contribution in [-0.2, 0) is 0 Å². The Labute approximate surface area is 375 Å². The van der Waals surface area contributed by atoms with Crippen LogP contribution in [0.15, 0.2) is 194 Å². The molecule has 2 aromatic heterocycles. The number of hydrogen-bond donors (Lipinski definition) is 0. The third-order valence-corrected chi connectivity index (χ3v) is 17.0. The molecule has 2 aliphatic rings. The van der Waals surface area contributed by atoms with Gasteiger partial charge in [-0.15, -0.1) is 22.7 Å². The molecule has 292 valence electrons. The van der Waals surface area contributed by atoms with Crippen LogP contribution < -0.4 is 0 Å². The van der Waals surface area contributed by atoms with Gasteiger partial charge in [-0.25, -0.2) is 0 Å². The molecule has 0 amide bonds. The van der Waals surface area contributed by atoms with Crippen molar-refractivity contribution in [3.05, 3.63) is 194 Å². The van der Waals surface area contributed by atoms with E-state index in [-0.39, 0.29) is 0 Å². The largest absolute Gasteiger partial charge is 0.135 e. The van der Waals surface area contributed by atoms with E-state index in [1.165, 1.54) is 161 Å². The molecule has 2 heteroatoms. The Balaban J connectivity index is 1.11. The van der Waals surface area contributed by atoms with Crippen LogP contribution in [0.3, 0.4) is 0 Å². The highest BCUT2D eigenvalue weighted by molar-refractivity contribution is 7.26. The van der Waals surface area contributed by atoms with E-state index in [1.807, 2.05) is 22.7 Å². The summed E-state index contributed by atoms with van der Waals surface area (Å²) in [4.78, 5) is 0.